The van der Waals surface area contributed by atoms with Gasteiger partial charge in [-0.05, 0) is 43.7 Å². The fraction of sp³-hybridized carbons (Fsp3) is 0.619. The van der Waals surface area contributed by atoms with Crippen molar-refractivity contribution in [2.75, 3.05) is 0 Å². The molecule has 1 saturated carbocycles. The highest BCUT2D eigenvalue weighted by Gasteiger charge is 2.30. The van der Waals surface area contributed by atoms with Gasteiger partial charge in [-0.2, -0.15) is 0 Å². The molecule has 2 rings (SSSR count). The molecule has 1 aromatic carbocycles. The number of rotatable bonds is 8. The first-order valence-electron chi connectivity index (χ1n) is 9.71. The van der Waals surface area contributed by atoms with Crippen LogP contribution in [0.3, 0.4) is 0 Å². The lowest BCUT2D eigenvalue weighted by atomic mass is 10.0. The first-order valence-corrected chi connectivity index (χ1v) is 9.71. The molecular formula is C21H32N2O2. The number of nitrogens with zero attached hydrogens (tertiary/aromatic N) is 1. The van der Waals surface area contributed by atoms with Gasteiger partial charge in [-0.1, -0.05) is 51.0 Å². The van der Waals surface area contributed by atoms with Gasteiger partial charge in [0.05, 0.1) is 0 Å². The third kappa shape index (κ3) is 5.32. The Balaban J connectivity index is 2.17. The van der Waals surface area contributed by atoms with Crippen molar-refractivity contribution in [3.8, 4) is 0 Å². The highest BCUT2D eigenvalue weighted by molar-refractivity contribution is 5.87. The highest BCUT2D eigenvalue weighted by Crippen LogP contribution is 2.20. The second-order valence-electron chi connectivity index (χ2n) is 7.11. The molecule has 0 aromatic heterocycles. The van der Waals surface area contributed by atoms with Crippen molar-refractivity contribution >= 4 is 11.8 Å². The first kappa shape index (κ1) is 19.5. The van der Waals surface area contributed by atoms with E-state index in [2.05, 4.69) is 18.3 Å². The van der Waals surface area contributed by atoms with Crippen molar-refractivity contribution in [3.63, 3.8) is 0 Å². The molecule has 0 saturated heterocycles. The van der Waals surface area contributed by atoms with Crippen LogP contribution in [-0.2, 0) is 16.1 Å². The summed E-state index contributed by atoms with van der Waals surface area (Å²) in [5, 5.41) is 3.17. The predicted molar refractivity (Wildman–Crippen MR) is 101 cm³/mol. The van der Waals surface area contributed by atoms with Gasteiger partial charge in [0.1, 0.15) is 6.04 Å². The normalized spacial score (nSPS) is 15.8. The number of carbonyl (C=O) groups is 2. The Hall–Kier alpha value is -1.84. The van der Waals surface area contributed by atoms with Gasteiger partial charge in [0.15, 0.2) is 0 Å². The zero-order valence-corrected chi connectivity index (χ0v) is 15.9. The molecule has 0 unspecified atom stereocenters. The summed E-state index contributed by atoms with van der Waals surface area (Å²) < 4.78 is 0. The van der Waals surface area contributed by atoms with Gasteiger partial charge in [-0.3, -0.25) is 9.59 Å². The summed E-state index contributed by atoms with van der Waals surface area (Å²) in [6.45, 7) is 6.55. The Morgan fingerprint density at radius 3 is 2.48 bits per heavy atom. The van der Waals surface area contributed by atoms with Crippen LogP contribution in [0.4, 0.5) is 0 Å². The van der Waals surface area contributed by atoms with Crippen LogP contribution in [0.2, 0.25) is 0 Å². The molecule has 2 amide bonds. The van der Waals surface area contributed by atoms with Crippen molar-refractivity contribution in [2.45, 2.75) is 84.3 Å². The Kier molecular flexibility index (Phi) is 7.48. The van der Waals surface area contributed by atoms with Gasteiger partial charge in [-0.15, -0.1) is 0 Å². The van der Waals surface area contributed by atoms with Crippen molar-refractivity contribution < 1.29 is 9.59 Å². The summed E-state index contributed by atoms with van der Waals surface area (Å²) in [6, 6.07) is 7.98. The number of benzene rings is 1. The lowest BCUT2D eigenvalue weighted by Crippen LogP contribution is -2.50. The minimum absolute atomic E-state index is 0.00689. The monoisotopic (exact) mass is 344 g/mol. The average molecular weight is 344 g/mol. The van der Waals surface area contributed by atoms with Gasteiger partial charge in [0, 0.05) is 19.0 Å². The van der Waals surface area contributed by atoms with Crippen LogP contribution in [0.5, 0.6) is 0 Å². The van der Waals surface area contributed by atoms with E-state index in [0.29, 0.717) is 19.4 Å². The maximum absolute atomic E-state index is 12.9. The standard InChI is InChI=1S/C21H32N2O2/c1-4-10-20(24)23(15-17-12-7-6-11-16(17)3)19(5-2)21(25)22-18-13-8-9-14-18/h6-7,11-12,18-19H,4-5,8-10,13-15H2,1-3H3,(H,22,25)/t19-/m1/s1. The third-order valence-corrected chi connectivity index (χ3v) is 5.15. The number of hydrogen-bond donors (Lipinski definition) is 1. The van der Waals surface area contributed by atoms with Crippen LogP contribution < -0.4 is 5.32 Å². The maximum Gasteiger partial charge on any atom is 0.243 e. The summed E-state index contributed by atoms with van der Waals surface area (Å²) in [7, 11) is 0. The maximum atomic E-state index is 12.9. The Bertz CT molecular complexity index is 579. The zero-order valence-electron chi connectivity index (χ0n) is 15.9. The van der Waals surface area contributed by atoms with E-state index in [9.17, 15) is 9.59 Å². The van der Waals surface area contributed by atoms with Crippen molar-refractivity contribution in [1.82, 2.24) is 10.2 Å². The second-order valence-corrected chi connectivity index (χ2v) is 7.11. The minimum Gasteiger partial charge on any atom is -0.352 e. The second kappa shape index (κ2) is 9.59. The van der Waals surface area contributed by atoms with Gasteiger partial charge in [0.2, 0.25) is 11.8 Å². The number of amides is 2. The van der Waals surface area contributed by atoms with Crippen LogP contribution in [0.1, 0.15) is 69.9 Å². The van der Waals surface area contributed by atoms with E-state index >= 15 is 0 Å². The largest absolute Gasteiger partial charge is 0.352 e. The lowest BCUT2D eigenvalue weighted by molar-refractivity contribution is -0.141. The van der Waals surface area contributed by atoms with E-state index in [1.165, 1.54) is 12.8 Å². The van der Waals surface area contributed by atoms with Gasteiger partial charge >= 0.3 is 0 Å². The van der Waals surface area contributed by atoms with E-state index in [1.807, 2.05) is 32.0 Å². The SMILES string of the molecule is CCCC(=O)N(Cc1ccccc1C)[C@H](CC)C(=O)NC1CCCC1. The molecule has 1 N–H and O–H groups in total. The van der Waals surface area contributed by atoms with Gasteiger partial charge < -0.3 is 10.2 Å². The molecule has 0 aliphatic heterocycles. The van der Waals surface area contributed by atoms with E-state index in [1.54, 1.807) is 4.90 Å². The first-order chi connectivity index (χ1) is 12.1. The van der Waals surface area contributed by atoms with Crippen molar-refractivity contribution in [2.24, 2.45) is 0 Å². The summed E-state index contributed by atoms with van der Waals surface area (Å²) in [6.07, 6.45) is 6.40. The number of nitrogens with one attached hydrogen (secondary N) is 1. The molecule has 0 spiro atoms. The molecule has 1 aliphatic carbocycles. The fourth-order valence-electron chi connectivity index (χ4n) is 3.62. The Morgan fingerprint density at radius 2 is 1.88 bits per heavy atom. The third-order valence-electron chi connectivity index (χ3n) is 5.15. The number of carbonyl (C=O) groups excluding carboxylic acids is 2. The average Bonchev–Trinajstić information content (AvgIpc) is 3.09. The van der Waals surface area contributed by atoms with Crippen molar-refractivity contribution in [1.29, 1.82) is 0 Å². The molecule has 1 aliphatic rings. The Morgan fingerprint density at radius 1 is 1.20 bits per heavy atom. The van der Waals surface area contributed by atoms with Crippen LogP contribution in [0, 0.1) is 6.92 Å². The molecule has 0 bridgehead atoms. The van der Waals surface area contributed by atoms with E-state index in [-0.39, 0.29) is 23.9 Å². The molecule has 0 radical (unpaired) electrons. The quantitative estimate of drug-likeness (QED) is 0.776. The van der Waals surface area contributed by atoms with Gasteiger partial charge in [0.25, 0.3) is 0 Å². The summed E-state index contributed by atoms with van der Waals surface area (Å²) >= 11 is 0. The zero-order chi connectivity index (χ0) is 18.2. The van der Waals surface area contributed by atoms with E-state index in [0.717, 1.165) is 30.4 Å². The summed E-state index contributed by atoms with van der Waals surface area (Å²) in [5.74, 6) is 0.0756. The summed E-state index contributed by atoms with van der Waals surface area (Å²) in [4.78, 5) is 27.4. The molecule has 1 aromatic rings. The highest BCUT2D eigenvalue weighted by atomic mass is 16.2. The van der Waals surface area contributed by atoms with Crippen LogP contribution >= 0.6 is 0 Å². The molecule has 1 atom stereocenters. The topological polar surface area (TPSA) is 49.4 Å². The predicted octanol–water partition coefficient (Wildman–Crippen LogP) is 3.96. The number of hydrogen-bond acceptors (Lipinski definition) is 2. The smallest absolute Gasteiger partial charge is 0.243 e. The molecule has 138 valence electrons. The molecular weight excluding hydrogens is 312 g/mol. The molecule has 4 heteroatoms. The van der Waals surface area contributed by atoms with E-state index in [4.69, 9.17) is 0 Å². The van der Waals surface area contributed by atoms with Crippen molar-refractivity contribution in [3.05, 3.63) is 35.4 Å². The van der Waals surface area contributed by atoms with Gasteiger partial charge in [-0.25, -0.2) is 0 Å². The fourth-order valence-corrected chi connectivity index (χ4v) is 3.62. The minimum atomic E-state index is -0.390. The number of aryl methyl sites for hydroxylation is 1. The Labute approximate surface area is 152 Å². The lowest BCUT2D eigenvalue weighted by Gasteiger charge is -2.32. The van der Waals surface area contributed by atoms with Crippen LogP contribution in [0.15, 0.2) is 24.3 Å². The molecule has 25 heavy (non-hydrogen) atoms. The molecule has 0 heterocycles. The summed E-state index contributed by atoms with van der Waals surface area (Å²) in [5.41, 5.74) is 2.27. The van der Waals surface area contributed by atoms with E-state index < -0.39 is 0 Å². The van der Waals surface area contributed by atoms with Crippen LogP contribution in [-0.4, -0.2) is 28.8 Å². The molecule has 1 fully saturated rings. The molecule has 4 nitrogen and oxygen atoms in total. The van der Waals surface area contributed by atoms with Crippen LogP contribution in [0.25, 0.3) is 0 Å².